The molecule has 1 saturated carbocycles. The minimum Gasteiger partial charge on any atom is -0.389 e. The first-order chi connectivity index (χ1) is 9.95. The first-order valence-electron chi connectivity index (χ1n) is 7.67. The van der Waals surface area contributed by atoms with Gasteiger partial charge in [0.15, 0.2) is 9.84 Å². The van der Waals surface area contributed by atoms with E-state index in [0.717, 1.165) is 31.2 Å². The summed E-state index contributed by atoms with van der Waals surface area (Å²) in [7, 11) is -3.45. The summed E-state index contributed by atoms with van der Waals surface area (Å²) in [6, 6.07) is 6.95. The van der Waals surface area contributed by atoms with Crippen molar-refractivity contribution in [1.82, 2.24) is 0 Å². The normalized spacial score (nSPS) is 19.0. The average Bonchev–Trinajstić information content (AvgIpc) is 2.45. The van der Waals surface area contributed by atoms with Crippen LogP contribution >= 0.6 is 0 Å². The standard InChI is InChI=1S/C17H24O3S/c1-2-3-8-15-9-7-10-16(13-15)21(19,20)14-17(18)11-5-4-6-12-17/h3,7-10,13,18H,2,4-6,11-12,14H2,1H3. The van der Waals surface area contributed by atoms with Crippen LogP contribution in [0.25, 0.3) is 6.08 Å². The van der Waals surface area contributed by atoms with E-state index in [1.807, 2.05) is 25.1 Å². The Morgan fingerprint density at radius 1 is 1.24 bits per heavy atom. The molecule has 0 amide bonds. The maximum Gasteiger partial charge on any atom is 0.181 e. The molecule has 0 aliphatic heterocycles. The van der Waals surface area contributed by atoms with Crippen LogP contribution in [0.1, 0.15) is 51.0 Å². The summed E-state index contributed by atoms with van der Waals surface area (Å²) >= 11 is 0. The number of allylic oxidation sites excluding steroid dienone is 1. The van der Waals surface area contributed by atoms with Crippen molar-refractivity contribution in [2.45, 2.75) is 55.9 Å². The summed E-state index contributed by atoms with van der Waals surface area (Å²) in [5, 5.41) is 10.5. The molecule has 0 unspecified atom stereocenters. The second kappa shape index (κ2) is 6.75. The van der Waals surface area contributed by atoms with Crippen molar-refractivity contribution in [3.63, 3.8) is 0 Å². The fourth-order valence-corrected chi connectivity index (χ4v) is 4.62. The van der Waals surface area contributed by atoms with E-state index in [0.29, 0.717) is 17.7 Å². The van der Waals surface area contributed by atoms with Gasteiger partial charge in [0, 0.05) is 0 Å². The summed E-state index contributed by atoms with van der Waals surface area (Å²) in [5.41, 5.74) is -0.166. The maximum atomic E-state index is 12.5. The molecule has 0 atom stereocenters. The van der Waals surface area contributed by atoms with E-state index in [1.54, 1.807) is 18.2 Å². The van der Waals surface area contributed by atoms with Crippen molar-refractivity contribution in [2.75, 3.05) is 5.75 Å². The Labute approximate surface area is 127 Å². The highest BCUT2D eigenvalue weighted by molar-refractivity contribution is 7.91. The van der Waals surface area contributed by atoms with E-state index in [1.165, 1.54) is 0 Å². The predicted molar refractivity (Wildman–Crippen MR) is 85.9 cm³/mol. The van der Waals surface area contributed by atoms with Gasteiger partial charge >= 0.3 is 0 Å². The lowest BCUT2D eigenvalue weighted by atomic mass is 9.86. The van der Waals surface area contributed by atoms with Crippen molar-refractivity contribution >= 4 is 15.9 Å². The third-order valence-corrected chi connectivity index (χ3v) is 5.90. The third kappa shape index (κ3) is 4.42. The highest BCUT2D eigenvalue weighted by atomic mass is 32.2. The molecule has 1 aromatic carbocycles. The fourth-order valence-electron chi connectivity index (χ4n) is 2.86. The zero-order valence-electron chi connectivity index (χ0n) is 12.6. The fraction of sp³-hybridized carbons (Fsp3) is 0.529. The van der Waals surface area contributed by atoms with Gasteiger partial charge in [-0.15, -0.1) is 0 Å². The van der Waals surface area contributed by atoms with Gasteiger partial charge in [-0.25, -0.2) is 8.42 Å². The number of hydrogen-bond donors (Lipinski definition) is 1. The first-order valence-corrected chi connectivity index (χ1v) is 9.32. The van der Waals surface area contributed by atoms with Gasteiger partial charge in [0.1, 0.15) is 0 Å². The summed E-state index contributed by atoms with van der Waals surface area (Å²) in [4.78, 5) is 0.305. The molecule has 21 heavy (non-hydrogen) atoms. The van der Waals surface area contributed by atoms with Crippen molar-refractivity contribution in [3.05, 3.63) is 35.9 Å². The van der Waals surface area contributed by atoms with Crippen LogP contribution in [0.3, 0.4) is 0 Å². The zero-order valence-corrected chi connectivity index (χ0v) is 13.4. The molecule has 2 rings (SSSR count). The largest absolute Gasteiger partial charge is 0.389 e. The highest BCUT2D eigenvalue weighted by Crippen LogP contribution is 2.31. The molecule has 0 heterocycles. The molecule has 116 valence electrons. The lowest BCUT2D eigenvalue weighted by molar-refractivity contribution is 0.0257. The highest BCUT2D eigenvalue weighted by Gasteiger charge is 2.35. The molecule has 0 radical (unpaired) electrons. The van der Waals surface area contributed by atoms with E-state index >= 15 is 0 Å². The van der Waals surface area contributed by atoms with Gasteiger partial charge in [-0.3, -0.25) is 0 Å². The Morgan fingerprint density at radius 3 is 2.62 bits per heavy atom. The van der Waals surface area contributed by atoms with Gasteiger partial charge in [-0.1, -0.05) is 50.5 Å². The SMILES string of the molecule is CCC=Cc1cccc(S(=O)(=O)CC2(O)CCCCC2)c1. The molecule has 1 N–H and O–H groups in total. The Hall–Kier alpha value is -1.13. The lowest BCUT2D eigenvalue weighted by Crippen LogP contribution is -2.39. The molecule has 1 aliphatic carbocycles. The summed E-state index contributed by atoms with van der Waals surface area (Å²) in [5.74, 6) is -0.166. The second-order valence-electron chi connectivity index (χ2n) is 5.93. The van der Waals surface area contributed by atoms with E-state index in [9.17, 15) is 13.5 Å². The molecule has 0 bridgehead atoms. The van der Waals surface area contributed by atoms with Crippen molar-refractivity contribution in [3.8, 4) is 0 Å². The molecule has 1 aliphatic rings. The van der Waals surface area contributed by atoms with Crippen LogP contribution < -0.4 is 0 Å². The summed E-state index contributed by atoms with van der Waals surface area (Å²) in [6.45, 7) is 2.04. The molecule has 0 saturated heterocycles. The topological polar surface area (TPSA) is 54.4 Å². The van der Waals surface area contributed by atoms with Gasteiger partial charge in [-0.05, 0) is 37.0 Å². The predicted octanol–water partition coefficient (Wildman–Crippen LogP) is 3.58. The third-order valence-electron chi connectivity index (χ3n) is 4.01. The Bertz CT molecular complexity index is 596. The molecular formula is C17H24O3S. The average molecular weight is 308 g/mol. The van der Waals surface area contributed by atoms with Crippen LogP contribution in [-0.2, 0) is 9.84 Å². The molecule has 0 aromatic heterocycles. The number of rotatable bonds is 5. The maximum absolute atomic E-state index is 12.5. The van der Waals surface area contributed by atoms with Gasteiger partial charge in [0.05, 0.1) is 16.2 Å². The van der Waals surface area contributed by atoms with Crippen LogP contribution in [0.5, 0.6) is 0 Å². The molecule has 4 heteroatoms. The van der Waals surface area contributed by atoms with E-state index < -0.39 is 15.4 Å². The van der Waals surface area contributed by atoms with Crippen LogP contribution in [0.2, 0.25) is 0 Å². The quantitative estimate of drug-likeness (QED) is 0.904. The van der Waals surface area contributed by atoms with Crippen molar-refractivity contribution in [2.24, 2.45) is 0 Å². The van der Waals surface area contributed by atoms with Gasteiger partial charge in [0.25, 0.3) is 0 Å². The Kier molecular flexibility index (Phi) is 5.22. The number of hydrogen-bond acceptors (Lipinski definition) is 3. The summed E-state index contributed by atoms with van der Waals surface area (Å²) < 4.78 is 25.1. The zero-order chi connectivity index (χ0) is 15.3. The monoisotopic (exact) mass is 308 g/mol. The van der Waals surface area contributed by atoms with Crippen molar-refractivity contribution < 1.29 is 13.5 Å². The Morgan fingerprint density at radius 2 is 1.95 bits per heavy atom. The van der Waals surface area contributed by atoms with Gasteiger partial charge in [-0.2, -0.15) is 0 Å². The molecule has 1 fully saturated rings. The molecule has 1 aromatic rings. The second-order valence-corrected chi connectivity index (χ2v) is 7.92. The van der Waals surface area contributed by atoms with Crippen LogP contribution in [0.15, 0.2) is 35.2 Å². The minimum atomic E-state index is -3.45. The van der Waals surface area contributed by atoms with Crippen LogP contribution in [0, 0.1) is 0 Å². The number of sulfone groups is 1. The number of benzene rings is 1. The van der Waals surface area contributed by atoms with E-state index in [-0.39, 0.29) is 5.75 Å². The smallest absolute Gasteiger partial charge is 0.181 e. The minimum absolute atomic E-state index is 0.166. The van der Waals surface area contributed by atoms with Gasteiger partial charge < -0.3 is 5.11 Å². The number of aliphatic hydroxyl groups is 1. The Balaban J connectivity index is 2.21. The van der Waals surface area contributed by atoms with Crippen LogP contribution in [0.4, 0.5) is 0 Å². The summed E-state index contributed by atoms with van der Waals surface area (Å²) in [6.07, 6.45) is 8.91. The molecule has 0 spiro atoms. The van der Waals surface area contributed by atoms with Gasteiger partial charge in [0.2, 0.25) is 0 Å². The lowest BCUT2D eigenvalue weighted by Gasteiger charge is -2.31. The van der Waals surface area contributed by atoms with Crippen LogP contribution in [-0.4, -0.2) is 24.9 Å². The molecular weight excluding hydrogens is 284 g/mol. The van der Waals surface area contributed by atoms with E-state index in [2.05, 4.69) is 0 Å². The van der Waals surface area contributed by atoms with Crippen molar-refractivity contribution in [1.29, 1.82) is 0 Å². The first kappa shape index (κ1) is 16.2. The molecule has 3 nitrogen and oxygen atoms in total. The van der Waals surface area contributed by atoms with E-state index in [4.69, 9.17) is 0 Å².